The fourth-order valence-electron chi connectivity index (χ4n) is 0.766. The number of nitrogens with zero attached hydrogens (tertiary/aromatic N) is 1. The number of aliphatic carboxylic acids is 1. The van der Waals surface area contributed by atoms with Gasteiger partial charge in [0.15, 0.2) is 0 Å². The van der Waals surface area contributed by atoms with E-state index in [9.17, 15) is 4.79 Å². The molecule has 1 atom stereocenters. The third-order valence-electron chi connectivity index (χ3n) is 1.38. The Hall–Kier alpha value is -1.62. The monoisotopic (exact) mass is 168 g/mol. The number of carboxylic acid groups (broad SMARTS) is 1. The molecule has 4 N–H and O–H groups in total. The molecular formula is C7H8N2O3. The van der Waals surface area contributed by atoms with Crippen molar-refractivity contribution in [2.24, 2.45) is 5.73 Å². The van der Waals surface area contributed by atoms with Gasteiger partial charge in [-0.3, -0.25) is 9.78 Å². The molecule has 0 saturated heterocycles. The van der Waals surface area contributed by atoms with Crippen molar-refractivity contribution in [1.29, 1.82) is 0 Å². The van der Waals surface area contributed by atoms with E-state index in [4.69, 9.17) is 15.9 Å². The zero-order chi connectivity index (χ0) is 9.14. The lowest BCUT2D eigenvalue weighted by Gasteiger charge is -2.06. The number of aromatic nitrogens is 1. The van der Waals surface area contributed by atoms with Crippen LogP contribution in [0.2, 0.25) is 0 Å². The Balaban J connectivity index is 3.02. The molecule has 5 heteroatoms. The predicted molar refractivity (Wildman–Crippen MR) is 40.5 cm³/mol. The maximum absolute atomic E-state index is 10.4. The molecule has 0 aromatic carbocycles. The van der Waals surface area contributed by atoms with Crippen LogP contribution in [0, 0.1) is 0 Å². The highest BCUT2D eigenvalue weighted by molar-refractivity contribution is 5.75. The first-order chi connectivity index (χ1) is 5.63. The van der Waals surface area contributed by atoms with Crippen LogP contribution in [-0.4, -0.2) is 21.2 Å². The van der Waals surface area contributed by atoms with Crippen LogP contribution in [0.5, 0.6) is 5.75 Å². The van der Waals surface area contributed by atoms with Gasteiger partial charge in [0.1, 0.15) is 17.5 Å². The first-order valence-corrected chi connectivity index (χ1v) is 3.25. The van der Waals surface area contributed by atoms with Crippen LogP contribution in [0.15, 0.2) is 18.3 Å². The molecule has 64 valence electrons. The molecule has 0 radical (unpaired) electrons. The van der Waals surface area contributed by atoms with Gasteiger partial charge in [-0.25, -0.2) is 0 Å². The van der Waals surface area contributed by atoms with Gasteiger partial charge < -0.3 is 15.9 Å². The van der Waals surface area contributed by atoms with Gasteiger partial charge >= 0.3 is 5.97 Å². The van der Waals surface area contributed by atoms with Crippen LogP contribution >= 0.6 is 0 Å². The van der Waals surface area contributed by atoms with Crippen molar-refractivity contribution in [3.8, 4) is 5.75 Å². The highest BCUT2D eigenvalue weighted by Gasteiger charge is 2.18. The molecule has 1 rings (SSSR count). The van der Waals surface area contributed by atoms with E-state index in [-0.39, 0.29) is 11.4 Å². The van der Waals surface area contributed by atoms with Gasteiger partial charge in [0.25, 0.3) is 0 Å². The second-order valence-corrected chi connectivity index (χ2v) is 2.22. The average molecular weight is 168 g/mol. The molecule has 12 heavy (non-hydrogen) atoms. The van der Waals surface area contributed by atoms with Crippen molar-refractivity contribution >= 4 is 5.97 Å². The van der Waals surface area contributed by atoms with Gasteiger partial charge in [0, 0.05) is 6.20 Å². The van der Waals surface area contributed by atoms with Crippen molar-refractivity contribution in [1.82, 2.24) is 4.98 Å². The number of hydrogen-bond acceptors (Lipinski definition) is 4. The van der Waals surface area contributed by atoms with Crippen LogP contribution in [0.4, 0.5) is 0 Å². The quantitative estimate of drug-likeness (QED) is 0.571. The number of hydrogen-bond donors (Lipinski definition) is 3. The van der Waals surface area contributed by atoms with E-state index in [1.165, 1.54) is 18.3 Å². The van der Waals surface area contributed by atoms with E-state index in [1.54, 1.807) is 0 Å². The number of rotatable bonds is 2. The number of carboxylic acids is 1. The van der Waals surface area contributed by atoms with Crippen LogP contribution < -0.4 is 5.73 Å². The summed E-state index contributed by atoms with van der Waals surface area (Å²) < 4.78 is 0. The summed E-state index contributed by atoms with van der Waals surface area (Å²) in [6, 6.07) is 1.56. The van der Waals surface area contributed by atoms with Crippen molar-refractivity contribution in [3.05, 3.63) is 24.0 Å². The van der Waals surface area contributed by atoms with E-state index in [1.807, 2.05) is 0 Å². The first kappa shape index (κ1) is 8.48. The molecule has 5 nitrogen and oxygen atoms in total. The molecule has 1 aromatic rings. The SMILES string of the molecule is N[C@H](C(=O)O)c1ncccc1O. The summed E-state index contributed by atoms with van der Waals surface area (Å²) >= 11 is 0. The van der Waals surface area contributed by atoms with Gasteiger partial charge in [-0.2, -0.15) is 0 Å². The minimum atomic E-state index is -1.27. The molecule has 1 aromatic heterocycles. The third kappa shape index (κ3) is 1.51. The predicted octanol–water partition coefficient (Wildman–Crippen LogP) is -0.128. The second kappa shape index (κ2) is 3.19. The van der Waals surface area contributed by atoms with Gasteiger partial charge in [0.05, 0.1) is 0 Å². The first-order valence-electron chi connectivity index (χ1n) is 3.25. The second-order valence-electron chi connectivity index (χ2n) is 2.22. The smallest absolute Gasteiger partial charge is 0.326 e. The summed E-state index contributed by atoms with van der Waals surface area (Å²) in [5.41, 5.74) is 5.19. The van der Waals surface area contributed by atoms with Gasteiger partial charge in [0.2, 0.25) is 0 Å². The zero-order valence-electron chi connectivity index (χ0n) is 6.14. The fourth-order valence-corrected chi connectivity index (χ4v) is 0.766. The van der Waals surface area contributed by atoms with E-state index in [2.05, 4.69) is 4.98 Å². The lowest BCUT2D eigenvalue weighted by atomic mass is 10.2. The molecule has 1 heterocycles. The molecular weight excluding hydrogens is 160 g/mol. The van der Waals surface area contributed by atoms with E-state index < -0.39 is 12.0 Å². The highest BCUT2D eigenvalue weighted by atomic mass is 16.4. The number of pyridine rings is 1. The number of aromatic hydroxyl groups is 1. The van der Waals surface area contributed by atoms with Crippen LogP contribution in [0.3, 0.4) is 0 Å². The molecule has 0 amide bonds. The maximum Gasteiger partial charge on any atom is 0.326 e. The number of carbonyl (C=O) groups is 1. The average Bonchev–Trinajstić information content (AvgIpc) is 2.04. The topological polar surface area (TPSA) is 96.4 Å². The molecule has 0 aliphatic heterocycles. The Bertz CT molecular complexity index is 300. The molecule has 0 fully saturated rings. The molecule has 0 aliphatic carbocycles. The summed E-state index contributed by atoms with van der Waals surface area (Å²) in [7, 11) is 0. The molecule has 0 unspecified atom stereocenters. The van der Waals surface area contributed by atoms with Gasteiger partial charge in [-0.1, -0.05) is 0 Å². The minimum absolute atomic E-state index is 0.0231. The van der Waals surface area contributed by atoms with Crippen molar-refractivity contribution in [3.63, 3.8) is 0 Å². The van der Waals surface area contributed by atoms with Crippen LogP contribution in [-0.2, 0) is 4.79 Å². The normalized spacial score (nSPS) is 12.4. The Morgan fingerprint density at radius 3 is 2.83 bits per heavy atom. The number of nitrogens with two attached hydrogens (primary N) is 1. The van der Waals surface area contributed by atoms with Gasteiger partial charge in [-0.05, 0) is 12.1 Å². The highest BCUT2D eigenvalue weighted by Crippen LogP contribution is 2.18. The summed E-state index contributed by atoms with van der Waals surface area (Å²) in [4.78, 5) is 14.0. The van der Waals surface area contributed by atoms with Crippen LogP contribution in [0.25, 0.3) is 0 Å². The Labute approximate surface area is 68.5 Å². The summed E-state index contributed by atoms with van der Waals surface area (Å²) in [6.45, 7) is 0. The summed E-state index contributed by atoms with van der Waals surface area (Å²) in [5, 5.41) is 17.6. The van der Waals surface area contributed by atoms with Crippen LogP contribution in [0.1, 0.15) is 11.7 Å². The lowest BCUT2D eigenvalue weighted by Crippen LogP contribution is -2.21. The van der Waals surface area contributed by atoms with Gasteiger partial charge in [-0.15, -0.1) is 0 Å². The van der Waals surface area contributed by atoms with Crippen molar-refractivity contribution in [2.75, 3.05) is 0 Å². The Kier molecular flexibility index (Phi) is 2.25. The maximum atomic E-state index is 10.4. The lowest BCUT2D eigenvalue weighted by molar-refractivity contribution is -0.138. The Morgan fingerprint density at radius 1 is 1.67 bits per heavy atom. The molecule has 0 spiro atoms. The summed E-state index contributed by atoms with van der Waals surface area (Å²) in [5.74, 6) is -1.42. The Morgan fingerprint density at radius 2 is 2.33 bits per heavy atom. The summed E-state index contributed by atoms with van der Waals surface area (Å²) in [6.07, 6.45) is 1.37. The van der Waals surface area contributed by atoms with E-state index in [0.717, 1.165) is 0 Å². The zero-order valence-corrected chi connectivity index (χ0v) is 6.14. The molecule has 0 saturated carbocycles. The minimum Gasteiger partial charge on any atom is -0.506 e. The fraction of sp³-hybridized carbons (Fsp3) is 0.143. The molecule has 0 aliphatic rings. The van der Waals surface area contributed by atoms with E-state index in [0.29, 0.717) is 0 Å². The third-order valence-corrected chi connectivity index (χ3v) is 1.38. The molecule has 0 bridgehead atoms. The standard InChI is InChI=1S/C7H8N2O3/c8-5(7(11)12)6-4(10)2-1-3-9-6/h1-3,5,10H,8H2,(H,11,12)/t5-/m0/s1. The van der Waals surface area contributed by atoms with E-state index >= 15 is 0 Å². The van der Waals surface area contributed by atoms with Crippen molar-refractivity contribution < 1.29 is 15.0 Å². The van der Waals surface area contributed by atoms with Crippen molar-refractivity contribution in [2.45, 2.75) is 6.04 Å². The largest absolute Gasteiger partial charge is 0.506 e.